The van der Waals surface area contributed by atoms with Gasteiger partial charge < -0.3 is 24.5 Å². The third kappa shape index (κ3) is 5.66. The van der Waals surface area contributed by atoms with Crippen molar-refractivity contribution in [3.63, 3.8) is 0 Å². The Hall–Kier alpha value is -3.49. The first-order chi connectivity index (χ1) is 16.0. The summed E-state index contributed by atoms with van der Waals surface area (Å²) >= 11 is 0. The van der Waals surface area contributed by atoms with Gasteiger partial charge in [0.15, 0.2) is 0 Å². The number of carbonyl (C=O) groups excluding carboxylic acids is 2. The molecule has 1 unspecified atom stereocenters. The molecule has 1 aliphatic rings. The van der Waals surface area contributed by atoms with E-state index in [1.165, 1.54) is 29.3 Å². The number of allylic oxidation sites excluding steroid dienone is 4. The van der Waals surface area contributed by atoms with Gasteiger partial charge in [-0.25, -0.2) is 9.18 Å². The SMILES string of the molecule is C=C/C(F)=C\C=C\CC(=O)N1C=C(C(=O)OCC)c2[nH]c3ccccc3c2C(OCCO)C1. The summed E-state index contributed by atoms with van der Waals surface area (Å²) in [7, 11) is 0. The number of H-pyrrole nitrogens is 1. The molecule has 1 aromatic heterocycles. The second-order valence-corrected chi connectivity index (χ2v) is 7.24. The minimum Gasteiger partial charge on any atom is -0.462 e. The molecule has 8 heteroatoms. The minimum atomic E-state index is -0.600. The highest BCUT2D eigenvalue weighted by molar-refractivity contribution is 6.18. The average Bonchev–Trinajstić information content (AvgIpc) is 3.12. The van der Waals surface area contributed by atoms with Crippen LogP contribution in [0.15, 0.2) is 67.2 Å². The molecule has 0 radical (unpaired) electrons. The molecule has 1 aromatic carbocycles. The Morgan fingerprint density at radius 3 is 2.88 bits per heavy atom. The predicted molar refractivity (Wildman–Crippen MR) is 124 cm³/mol. The first-order valence-corrected chi connectivity index (χ1v) is 10.7. The third-order valence-corrected chi connectivity index (χ3v) is 5.09. The Bertz CT molecular complexity index is 1120. The molecule has 0 fully saturated rings. The summed E-state index contributed by atoms with van der Waals surface area (Å²) in [6.45, 7) is 5.21. The van der Waals surface area contributed by atoms with Crippen LogP contribution in [0.3, 0.4) is 0 Å². The number of aliphatic hydroxyl groups is 1. The maximum absolute atomic E-state index is 13.2. The molecule has 2 aromatic rings. The van der Waals surface area contributed by atoms with Crippen LogP contribution in [0.4, 0.5) is 4.39 Å². The van der Waals surface area contributed by atoms with Crippen LogP contribution in [0, 0.1) is 0 Å². The normalized spacial score (nSPS) is 16.5. The molecule has 1 amide bonds. The number of amides is 1. The van der Waals surface area contributed by atoms with Crippen LogP contribution in [0.5, 0.6) is 0 Å². The number of rotatable bonds is 9. The van der Waals surface area contributed by atoms with Crippen LogP contribution in [0.25, 0.3) is 16.5 Å². The molecule has 3 rings (SSSR count). The highest BCUT2D eigenvalue weighted by Crippen LogP contribution is 2.37. The van der Waals surface area contributed by atoms with E-state index < -0.39 is 17.9 Å². The fraction of sp³-hybridized carbons (Fsp3) is 0.280. The molecule has 2 heterocycles. The summed E-state index contributed by atoms with van der Waals surface area (Å²) in [5.74, 6) is -1.40. The number of hydrogen-bond acceptors (Lipinski definition) is 5. The summed E-state index contributed by atoms with van der Waals surface area (Å²) in [4.78, 5) is 30.5. The Balaban J connectivity index is 2.03. The van der Waals surface area contributed by atoms with E-state index in [0.29, 0.717) is 5.69 Å². The lowest BCUT2D eigenvalue weighted by atomic mass is 10.0. The fourth-order valence-electron chi connectivity index (χ4n) is 3.64. The van der Waals surface area contributed by atoms with Gasteiger partial charge in [-0.2, -0.15) is 0 Å². The number of aromatic nitrogens is 1. The van der Waals surface area contributed by atoms with Gasteiger partial charge in [0.05, 0.1) is 37.6 Å². The molecule has 1 aliphatic heterocycles. The standard InChI is InChI=1S/C25H27FN2O5/c1-3-17(26)9-5-8-12-22(30)28-15-19(25(31)32-4-2)24-23(21(16-28)33-14-13-29)18-10-6-7-11-20(18)27-24/h3,5-11,15,21,27,29H,1,4,12-14,16H2,2H3/b8-5+,17-9+. The van der Waals surface area contributed by atoms with Gasteiger partial charge in [-0.05, 0) is 25.1 Å². The molecule has 2 N–H and O–H groups in total. The number of hydrogen-bond donors (Lipinski definition) is 2. The third-order valence-electron chi connectivity index (χ3n) is 5.09. The lowest BCUT2D eigenvalue weighted by Gasteiger charge is -2.23. The second-order valence-electron chi connectivity index (χ2n) is 7.24. The van der Waals surface area contributed by atoms with E-state index in [-0.39, 0.29) is 44.3 Å². The number of fused-ring (bicyclic) bond motifs is 3. The van der Waals surface area contributed by atoms with Gasteiger partial charge in [0, 0.05) is 29.1 Å². The number of aromatic amines is 1. The zero-order valence-electron chi connectivity index (χ0n) is 18.4. The van der Waals surface area contributed by atoms with Crippen molar-refractivity contribution in [2.24, 2.45) is 0 Å². The number of esters is 1. The van der Waals surface area contributed by atoms with Gasteiger partial charge in [-0.15, -0.1) is 0 Å². The van der Waals surface area contributed by atoms with Gasteiger partial charge in [-0.3, -0.25) is 4.79 Å². The quantitative estimate of drug-likeness (QED) is 0.442. The number of nitrogens with zero attached hydrogens (tertiary/aromatic N) is 1. The Morgan fingerprint density at radius 2 is 2.15 bits per heavy atom. The fourth-order valence-corrected chi connectivity index (χ4v) is 3.64. The highest BCUT2D eigenvalue weighted by Gasteiger charge is 2.33. The maximum Gasteiger partial charge on any atom is 0.341 e. The Labute approximate surface area is 191 Å². The minimum absolute atomic E-state index is 0.0189. The summed E-state index contributed by atoms with van der Waals surface area (Å²) in [6.07, 6.45) is 6.06. The topological polar surface area (TPSA) is 91.9 Å². The van der Waals surface area contributed by atoms with E-state index in [4.69, 9.17) is 9.47 Å². The summed E-state index contributed by atoms with van der Waals surface area (Å²) < 4.78 is 24.3. The number of nitrogens with one attached hydrogen (secondary N) is 1. The van der Waals surface area contributed by atoms with E-state index in [9.17, 15) is 19.1 Å². The van der Waals surface area contributed by atoms with E-state index in [1.54, 1.807) is 6.92 Å². The molecule has 0 saturated carbocycles. The van der Waals surface area contributed by atoms with Crippen LogP contribution in [0.2, 0.25) is 0 Å². The number of ether oxygens (including phenoxy) is 2. The molecule has 33 heavy (non-hydrogen) atoms. The van der Waals surface area contributed by atoms with E-state index in [0.717, 1.165) is 22.5 Å². The molecular formula is C25H27FN2O5. The summed E-state index contributed by atoms with van der Waals surface area (Å²) in [5.41, 5.74) is 2.25. The number of para-hydroxylation sites is 1. The lowest BCUT2D eigenvalue weighted by Crippen LogP contribution is -2.30. The van der Waals surface area contributed by atoms with Crippen molar-refractivity contribution in [1.82, 2.24) is 9.88 Å². The highest BCUT2D eigenvalue weighted by atomic mass is 19.1. The molecule has 7 nitrogen and oxygen atoms in total. The van der Waals surface area contributed by atoms with Crippen molar-refractivity contribution in [2.75, 3.05) is 26.4 Å². The van der Waals surface area contributed by atoms with Crippen LogP contribution in [-0.2, 0) is 19.1 Å². The lowest BCUT2D eigenvalue weighted by molar-refractivity contribution is -0.136. The zero-order valence-corrected chi connectivity index (χ0v) is 18.4. The summed E-state index contributed by atoms with van der Waals surface area (Å²) in [6, 6.07) is 7.55. The van der Waals surface area contributed by atoms with Crippen molar-refractivity contribution >= 4 is 28.4 Å². The molecule has 1 atom stereocenters. The maximum atomic E-state index is 13.2. The van der Waals surface area contributed by atoms with Crippen LogP contribution < -0.4 is 0 Å². The number of benzene rings is 1. The molecule has 174 valence electrons. The number of aliphatic hydroxyl groups excluding tert-OH is 1. The van der Waals surface area contributed by atoms with Gasteiger partial charge >= 0.3 is 5.97 Å². The number of halogens is 1. The van der Waals surface area contributed by atoms with E-state index >= 15 is 0 Å². The second kappa shape index (κ2) is 11.4. The zero-order chi connectivity index (χ0) is 23.8. The van der Waals surface area contributed by atoms with Crippen molar-refractivity contribution in [2.45, 2.75) is 19.4 Å². The van der Waals surface area contributed by atoms with Gasteiger partial charge in [0.2, 0.25) is 5.91 Å². The van der Waals surface area contributed by atoms with Crippen LogP contribution >= 0.6 is 0 Å². The van der Waals surface area contributed by atoms with E-state index in [2.05, 4.69) is 11.6 Å². The molecule has 0 saturated heterocycles. The first kappa shape index (κ1) is 24.2. The number of carbonyl (C=O) groups is 2. The van der Waals surface area contributed by atoms with E-state index in [1.807, 2.05) is 24.3 Å². The molecule has 0 aliphatic carbocycles. The predicted octanol–water partition coefficient (Wildman–Crippen LogP) is 3.95. The molecule has 0 spiro atoms. The van der Waals surface area contributed by atoms with Crippen molar-refractivity contribution < 1.29 is 28.6 Å². The Morgan fingerprint density at radius 1 is 1.36 bits per heavy atom. The smallest absolute Gasteiger partial charge is 0.341 e. The largest absolute Gasteiger partial charge is 0.462 e. The molecular weight excluding hydrogens is 427 g/mol. The summed E-state index contributed by atoms with van der Waals surface area (Å²) in [5, 5.41) is 10.2. The van der Waals surface area contributed by atoms with Crippen molar-refractivity contribution in [3.8, 4) is 0 Å². The molecule has 0 bridgehead atoms. The monoisotopic (exact) mass is 454 g/mol. The van der Waals surface area contributed by atoms with Crippen LogP contribution in [-0.4, -0.2) is 53.2 Å². The first-order valence-electron chi connectivity index (χ1n) is 10.7. The van der Waals surface area contributed by atoms with Gasteiger partial charge in [-0.1, -0.05) is 36.9 Å². The van der Waals surface area contributed by atoms with Crippen molar-refractivity contribution in [3.05, 3.63) is 78.4 Å². The van der Waals surface area contributed by atoms with Gasteiger partial charge in [0.1, 0.15) is 11.9 Å². The average molecular weight is 454 g/mol. The van der Waals surface area contributed by atoms with Crippen molar-refractivity contribution in [1.29, 1.82) is 0 Å². The Kier molecular flexibility index (Phi) is 8.34. The van der Waals surface area contributed by atoms with Crippen LogP contribution in [0.1, 0.15) is 30.7 Å². The van der Waals surface area contributed by atoms with Gasteiger partial charge in [0.25, 0.3) is 0 Å².